The van der Waals surface area contributed by atoms with Gasteiger partial charge in [0.05, 0.1) is 12.7 Å². The Kier molecular flexibility index (Phi) is 6.02. The molecule has 4 heteroatoms. The number of rotatable bonds is 9. The number of hydrogen-bond acceptors (Lipinski definition) is 4. The molecule has 4 nitrogen and oxygen atoms in total. The number of allylic oxidation sites excluding steroid dienone is 1. The fraction of sp³-hybridized carbons (Fsp3) is 0.481. The number of fused-ring (bicyclic) bond motifs is 1. The Balaban J connectivity index is 1.15. The van der Waals surface area contributed by atoms with Crippen LogP contribution in [0.25, 0.3) is 0 Å². The van der Waals surface area contributed by atoms with Crippen LogP contribution in [0.3, 0.4) is 0 Å². The summed E-state index contributed by atoms with van der Waals surface area (Å²) in [5.74, 6) is 2.30. The molecule has 0 radical (unpaired) electrons. The number of hydrogen-bond donors (Lipinski definition) is 2. The van der Waals surface area contributed by atoms with Crippen molar-refractivity contribution >= 4 is 0 Å². The first-order valence-corrected chi connectivity index (χ1v) is 11.8. The summed E-state index contributed by atoms with van der Waals surface area (Å²) in [7, 11) is 0. The highest BCUT2D eigenvalue weighted by atomic mass is 16.5. The molecule has 164 valence electrons. The largest absolute Gasteiger partial charge is 0.493 e. The lowest BCUT2D eigenvalue weighted by atomic mass is 9.83. The van der Waals surface area contributed by atoms with Crippen LogP contribution in [-0.4, -0.2) is 23.2 Å². The molecular weight excluding hydrogens is 384 g/mol. The van der Waals surface area contributed by atoms with Crippen LogP contribution < -0.4 is 10.1 Å². The zero-order chi connectivity index (χ0) is 21.2. The molecule has 31 heavy (non-hydrogen) atoms. The minimum absolute atomic E-state index is 0.464. The van der Waals surface area contributed by atoms with Crippen molar-refractivity contribution in [3.05, 3.63) is 77.0 Å². The summed E-state index contributed by atoms with van der Waals surface area (Å²) < 4.78 is 5.90. The maximum Gasteiger partial charge on any atom is 0.119 e. The highest BCUT2D eigenvalue weighted by molar-refractivity contribution is 5.39. The molecule has 1 unspecified atom stereocenters. The second-order valence-corrected chi connectivity index (χ2v) is 9.62. The monoisotopic (exact) mass is 418 g/mol. The minimum Gasteiger partial charge on any atom is -0.493 e. The van der Waals surface area contributed by atoms with Crippen LogP contribution in [0.15, 0.2) is 54.7 Å². The van der Waals surface area contributed by atoms with Crippen molar-refractivity contribution in [2.24, 2.45) is 11.8 Å². The summed E-state index contributed by atoms with van der Waals surface area (Å²) in [5, 5.41) is 14.2. The van der Waals surface area contributed by atoms with Gasteiger partial charge in [0.15, 0.2) is 0 Å². The third kappa shape index (κ3) is 5.13. The number of β-amino-alcohol motifs (C(OH)–C–C–N with tert-alkyl or cyclic N) is 1. The van der Waals surface area contributed by atoms with Crippen molar-refractivity contribution < 1.29 is 9.84 Å². The average molecular weight is 419 g/mol. The average Bonchev–Trinajstić information content (AvgIpc) is 3.55. The minimum atomic E-state index is -0.464. The Labute approximate surface area is 185 Å². The normalized spacial score (nSPS) is 21.3. The number of nitrogens with zero attached hydrogens (tertiary/aromatic N) is 1. The Morgan fingerprint density at radius 1 is 1.06 bits per heavy atom. The lowest BCUT2D eigenvalue weighted by Gasteiger charge is -2.32. The van der Waals surface area contributed by atoms with Crippen LogP contribution in [0.4, 0.5) is 0 Å². The summed E-state index contributed by atoms with van der Waals surface area (Å²) in [6.07, 6.45) is 6.01. The van der Waals surface area contributed by atoms with Crippen LogP contribution in [-0.2, 0) is 19.6 Å². The summed E-state index contributed by atoms with van der Waals surface area (Å²) >= 11 is 0. The third-order valence-electron chi connectivity index (χ3n) is 7.03. The van der Waals surface area contributed by atoms with E-state index in [0.717, 1.165) is 43.5 Å². The Bertz CT molecular complexity index is 915. The van der Waals surface area contributed by atoms with Gasteiger partial charge in [-0.3, -0.25) is 4.90 Å². The van der Waals surface area contributed by atoms with Gasteiger partial charge in [0.1, 0.15) is 5.75 Å². The van der Waals surface area contributed by atoms with Gasteiger partial charge < -0.3 is 15.2 Å². The molecule has 2 N–H and O–H groups in total. The van der Waals surface area contributed by atoms with E-state index in [1.54, 1.807) is 0 Å². The zero-order valence-corrected chi connectivity index (χ0v) is 18.4. The van der Waals surface area contributed by atoms with Crippen molar-refractivity contribution in [1.29, 1.82) is 0 Å². The summed E-state index contributed by atoms with van der Waals surface area (Å²) in [5.41, 5.74) is 5.98. The van der Waals surface area contributed by atoms with Crippen molar-refractivity contribution in [3.8, 4) is 5.75 Å². The number of nitrogens with one attached hydrogen (secondary N) is 1. The lowest BCUT2D eigenvalue weighted by molar-refractivity contribution is 0.0878. The number of benzene rings is 2. The van der Waals surface area contributed by atoms with Crippen molar-refractivity contribution in [2.75, 3.05) is 13.2 Å². The van der Waals surface area contributed by atoms with E-state index in [0.29, 0.717) is 12.5 Å². The molecule has 2 aromatic rings. The van der Waals surface area contributed by atoms with Gasteiger partial charge in [-0.1, -0.05) is 43.3 Å². The number of aliphatic hydroxyl groups is 1. The Morgan fingerprint density at radius 3 is 2.55 bits per heavy atom. The molecule has 1 heterocycles. The molecule has 3 aliphatic rings. The van der Waals surface area contributed by atoms with Gasteiger partial charge in [-0.2, -0.15) is 0 Å². The van der Waals surface area contributed by atoms with Gasteiger partial charge in [0.2, 0.25) is 0 Å². The maximum absolute atomic E-state index is 10.7. The van der Waals surface area contributed by atoms with Gasteiger partial charge in [0.25, 0.3) is 0 Å². The third-order valence-corrected chi connectivity index (χ3v) is 7.03. The van der Waals surface area contributed by atoms with Gasteiger partial charge >= 0.3 is 0 Å². The smallest absolute Gasteiger partial charge is 0.119 e. The van der Waals surface area contributed by atoms with Crippen molar-refractivity contribution in [2.45, 2.75) is 57.8 Å². The van der Waals surface area contributed by atoms with Crippen LogP contribution in [0.1, 0.15) is 60.5 Å². The van der Waals surface area contributed by atoms with Gasteiger partial charge in [-0.15, -0.1) is 0 Å². The lowest BCUT2D eigenvalue weighted by Crippen LogP contribution is -2.33. The highest BCUT2D eigenvalue weighted by Gasteiger charge is 2.25. The molecule has 1 atom stereocenters. The molecule has 2 fully saturated rings. The summed E-state index contributed by atoms with van der Waals surface area (Å²) in [4.78, 5) is 2.32. The van der Waals surface area contributed by atoms with Crippen LogP contribution in [0, 0.1) is 11.8 Å². The van der Waals surface area contributed by atoms with Gasteiger partial charge in [0, 0.05) is 31.9 Å². The summed E-state index contributed by atoms with van der Waals surface area (Å²) in [6, 6.07) is 15.0. The maximum atomic E-state index is 10.7. The summed E-state index contributed by atoms with van der Waals surface area (Å²) in [6.45, 7) is 8.20. The second kappa shape index (κ2) is 9.05. The van der Waals surface area contributed by atoms with Crippen LogP contribution in [0.5, 0.6) is 5.75 Å². The van der Waals surface area contributed by atoms with E-state index in [1.807, 2.05) is 6.07 Å². The molecule has 0 aromatic heterocycles. The fourth-order valence-corrected chi connectivity index (χ4v) is 4.52. The van der Waals surface area contributed by atoms with E-state index in [2.05, 4.69) is 53.2 Å². The molecule has 5 rings (SSSR count). The zero-order valence-electron chi connectivity index (χ0n) is 18.4. The first-order chi connectivity index (χ1) is 15.1. The van der Waals surface area contributed by atoms with Crippen molar-refractivity contribution in [1.82, 2.24) is 10.2 Å². The predicted octanol–water partition coefficient (Wildman–Crippen LogP) is 4.93. The molecule has 0 bridgehead atoms. The molecular formula is C27H34N2O2. The van der Waals surface area contributed by atoms with E-state index in [4.69, 9.17) is 4.74 Å². The van der Waals surface area contributed by atoms with Crippen LogP contribution in [0.2, 0.25) is 0 Å². The molecule has 2 aliphatic carbocycles. The standard InChI is InChI=1S/C27H34N2O2/c1-19(23-3-2-4-23)28-14-20-5-7-21(8-6-20)15-29-16-24-11-12-25(31-18-22-9-10-22)13-26(24)27(30)17-29/h5-8,11-13,22-23,27-28,30H,1-4,9-10,14-18H2. The van der Waals surface area contributed by atoms with E-state index in [1.165, 1.54) is 54.5 Å². The topological polar surface area (TPSA) is 44.7 Å². The van der Waals surface area contributed by atoms with E-state index in [-0.39, 0.29) is 0 Å². The number of ether oxygens (including phenoxy) is 1. The van der Waals surface area contributed by atoms with E-state index < -0.39 is 6.10 Å². The second-order valence-electron chi connectivity index (χ2n) is 9.62. The van der Waals surface area contributed by atoms with E-state index in [9.17, 15) is 5.11 Å². The first kappa shape index (κ1) is 20.6. The SMILES string of the molecule is C=C(NCc1ccc(CN2Cc3ccc(OCC4CC4)cc3C(O)C2)cc1)C1CCC1. The van der Waals surface area contributed by atoms with Gasteiger partial charge in [-0.25, -0.2) is 0 Å². The van der Waals surface area contributed by atoms with E-state index >= 15 is 0 Å². The highest BCUT2D eigenvalue weighted by Crippen LogP contribution is 2.33. The Morgan fingerprint density at radius 2 is 1.84 bits per heavy atom. The molecule has 0 amide bonds. The fourth-order valence-electron chi connectivity index (χ4n) is 4.52. The quantitative estimate of drug-likeness (QED) is 0.606. The molecule has 2 aromatic carbocycles. The molecule has 0 saturated heterocycles. The molecule has 1 aliphatic heterocycles. The Hall–Kier alpha value is -2.30. The molecule has 0 spiro atoms. The van der Waals surface area contributed by atoms with Crippen molar-refractivity contribution in [3.63, 3.8) is 0 Å². The van der Waals surface area contributed by atoms with Gasteiger partial charge in [-0.05, 0) is 71.9 Å². The number of aliphatic hydroxyl groups excluding tert-OH is 1. The predicted molar refractivity (Wildman–Crippen MR) is 123 cm³/mol. The molecule has 2 saturated carbocycles. The first-order valence-electron chi connectivity index (χ1n) is 11.8. The van der Waals surface area contributed by atoms with Crippen LogP contribution >= 0.6 is 0 Å².